The van der Waals surface area contributed by atoms with Gasteiger partial charge in [-0.1, -0.05) is 35.4 Å². The third kappa shape index (κ3) is 2.24. The van der Waals surface area contributed by atoms with Crippen LogP contribution in [0.5, 0.6) is 0 Å². The summed E-state index contributed by atoms with van der Waals surface area (Å²) in [5.74, 6) is -0.461. The molecule has 21 heavy (non-hydrogen) atoms. The summed E-state index contributed by atoms with van der Waals surface area (Å²) in [4.78, 5) is 14.5. The van der Waals surface area contributed by atoms with E-state index in [1.807, 2.05) is 32.0 Å². The van der Waals surface area contributed by atoms with Gasteiger partial charge in [-0.05, 0) is 31.5 Å². The van der Waals surface area contributed by atoms with Gasteiger partial charge in [-0.2, -0.15) is 0 Å². The quantitative estimate of drug-likeness (QED) is 0.660. The zero-order valence-electron chi connectivity index (χ0n) is 11.6. The van der Waals surface area contributed by atoms with Crippen molar-refractivity contribution in [1.29, 1.82) is 0 Å². The Labute approximate surface area is 126 Å². The fraction of sp³-hybridized carbons (Fsp3) is 0.118. The van der Waals surface area contributed by atoms with E-state index in [1.165, 1.54) is 6.07 Å². The topological polar surface area (TPSA) is 32.9 Å². The number of hydrogen-bond donors (Lipinski definition) is 1. The molecule has 0 saturated carbocycles. The van der Waals surface area contributed by atoms with Gasteiger partial charge in [0.15, 0.2) is 6.29 Å². The molecule has 4 heteroatoms. The highest BCUT2D eigenvalue weighted by Gasteiger charge is 2.17. The first-order valence-corrected chi connectivity index (χ1v) is 6.92. The van der Waals surface area contributed by atoms with Gasteiger partial charge >= 0.3 is 0 Å². The van der Waals surface area contributed by atoms with E-state index in [0.717, 1.165) is 23.0 Å². The fourth-order valence-electron chi connectivity index (χ4n) is 2.67. The summed E-state index contributed by atoms with van der Waals surface area (Å²) in [6.07, 6.45) is 0.739. The number of rotatable bonds is 2. The molecule has 1 heterocycles. The van der Waals surface area contributed by atoms with E-state index in [-0.39, 0.29) is 5.02 Å². The minimum Gasteiger partial charge on any atom is -0.352 e. The normalized spacial score (nSPS) is 11.0. The van der Waals surface area contributed by atoms with Crippen molar-refractivity contribution in [3.63, 3.8) is 0 Å². The molecular formula is C17H13ClFNO. The number of benzene rings is 2. The molecule has 0 unspecified atom stereocenters. The largest absolute Gasteiger partial charge is 0.352 e. The molecule has 0 aliphatic carbocycles. The number of carbonyl (C=O) groups is 1. The van der Waals surface area contributed by atoms with Crippen LogP contribution in [-0.4, -0.2) is 11.3 Å². The number of H-pyrrole nitrogens is 1. The maximum atomic E-state index is 14.0. The number of aromatic nitrogens is 1. The summed E-state index contributed by atoms with van der Waals surface area (Å²) in [6.45, 7) is 3.97. The molecule has 3 rings (SSSR count). The number of halogens is 2. The van der Waals surface area contributed by atoms with Crippen LogP contribution in [0.1, 0.15) is 21.5 Å². The first-order chi connectivity index (χ1) is 10.0. The lowest BCUT2D eigenvalue weighted by Crippen LogP contribution is -1.89. The molecule has 106 valence electrons. The third-order valence-electron chi connectivity index (χ3n) is 3.63. The van der Waals surface area contributed by atoms with Crippen LogP contribution >= 0.6 is 11.6 Å². The molecule has 0 aliphatic heterocycles. The number of aldehydes is 1. The van der Waals surface area contributed by atoms with E-state index in [0.29, 0.717) is 22.2 Å². The van der Waals surface area contributed by atoms with E-state index < -0.39 is 5.82 Å². The Morgan fingerprint density at radius 3 is 2.62 bits per heavy atom. The van der Waals surface area contributed by atoms with Crippen LogP contribution < -0.4 is 0 Å². The van der Waals surface area contributed by atoms with Crippen molar-refractivity contribution >= 4 is 28.8 Å². The van der Waals surface area contributed by atoms with E-state index in [9.17, 15) is 9.18 Å². The van der Waals surface area contributed by atoms with Gasteiger partial charge in [-0.3, -0.25) is 4.79 Å². The lowest BCUT2D eigenvalue weighted by Gasteiger charge is -2.06. The van der Waals surface area contributed by atoms with Crippen molar-refractivity contribution in [3.05, 3.63) is 57.9 Å². The predicted octanol–water partition coefficient (Wildman–Crippen LogP) is 5.06. The van der Waals surface area contributed by atoms with Crippen LogP contribution in [0.15, 0.2) is 30.3 Å². The number of nitrogens with one attached hydrogen (secondary N) is 1. The van der Waals surface area contributed by atoms with Crippen molar-refractivity contribution in [1.82, 2.24) is 4.98 Å². The van der Waals surface area contributed by atoms with Gasteiger partial charge < -0.3 is 4.98 Å². The van der Waals surface area contributed by atoms with Crippen LogP contribution in [0.4, 0.5) is 4.39 Å². The second-order valence-corrected chi connectivity index (χ2v) is 5.60. The van der Waals surface area contributed by atoms with E-state index in [1.54, 1.807) is 6.07 Å². The van der Waals surface area contributed by atoms with E-state index in [2.05, 4.69) is 4.98 Å². The Morgan fingerprint density at radius 1 is 1.19 bits per heavy atom. The Kier molecular flexibility index (Phi) is 3.30. The molecule has 0 amide bonds. The first-order valence-electron chi connectivity index (χ1n) is 6.55. The zero-order chi connectivity index (χ0) is 15.1. The van der Waals surface area contributed by atoms with Gasteiger partial charge in [0.2, 0.25) is 0 Å². The molecule has 0 aliphatic rings. The molecule has 0 spiro atoms. The highest BCUT2D eigenvalue weighted by Crippen LogP contribution is 2.34. The molecule has 0 saturated heterocycles. The molecule has 2 nitrogen and oxygen atoms in total. The average Bonchev–Trinajstić information content (AvgIpc) is 2.77. The summed E-state index contributed by atoms with van der Waals surface area (Å²) in [7, 11) is 0. The van der Waals surface area contributed by atoms with Gasteiger partial charge in [-0.25, -0.2) is 4.39 Å². The molecule has 1 N–H and O–H groups in total. The number of fused-ring (bicyclic) bond motifs is 1. The van der Waals surface area contributed by atoms with Crippen LogP contribution in [-0.2, 0) is 0 Å². The first kappa shape index (κ1) is 13.8. The summed E-state index contributed by atoms with van der Waals surface area (Å²) in [6, 6.07) is 8.76. The van der Waals surface area contributed by atoms with Gasteiger partial charge in [0.05, 0.1) is 11.2 Å². The Morgan fingerprint density at radius 2 is 1.95 bits per heavy atom. The second-order valence-electron chi connectivity index (χ2n) is 5.16. The van der Waals surface area contributed by atoms with Gasteiger partial charge in [0.1, 0.15) is 5.82 Å². The maximum absolute atomic E-state index is 14.0. The second kappa shape index (κ2) is 5.01. The SMILES string of the molecule is Cc1ccc(-c2[nH]c3c(F)cc(Cl)cc3c2C=O)c(C)c1. The Hall–Kier alpha value is -2.13. The zero-order valence-corrected chi connectivity index (χ0v) is 12.4. The summed E-state index contributed by atoms with van der Waals surface area (Å²) >= 11 is 5.89. The molecule has 3 aromatic rings. The summed E-state index contributed by atoms with van der Waals surface area (Å²) in [5, 5.41) is 0.777. The number of aromatic amines is 1. The van der Waals surface area contributed by atoms with Crippen LogP contribution in [0.3, 0.4) is 0 Å². The molecule has 0 atom stereocenters. The third-order valence-corrected chi connectivity index (χ3v) is 3.85. The minimum atomic E-state index is -0.461. The Bertz CT molecular complexity index is 867. The fourth-order valence-corrected chi connectivity index (χ4v) is 2.87. The summed E-state index contributed by atoms with van der Waals surface area (Å²) < 4.78 is 14.0. The lowest BCUT2D eigenvalue weighted by molar-refractivity contribution is 0.112. The van der Waals surface area contributed by atoms with Crippen LogP contribution in [0.2, 0.25) is 5.02 Å². The maximum Gasteiger partial charge on any atom is 0.152 e. The Balaban J connectivity index is 2.37. The van der Waals surface area contributed by atoms with Gasteiger partial charge in [0.25, 0.3) is 0 Å². The van der Waals surface area contributed by atoms with E-state index in [4.69, 9.17) is 11.6 Å². The predicted molar refractivity (Wildman–Crippen MR) is 83.6 cm³/mol. The van der Waals surface area contributed by atoms with Crippen LogP contribution in [0, 0.1) is 19.7 Å². The van der Waals surface area contributed by atoms with Crippen molar-refractivity contribution in [2.45, 2.75) is 13.8 Å². The molecule has 0 radical (unpaired) electrons. The standard InChI is InChI=1S/C17H13ClFNO/c1-9-3-4-12(10(2)5-9)16-14(8-21)13-6-11(18)7-15(19)17(13)20-16/h3-8,20H,1-2H3. The highest BCUT2D eigenvalue weighted by atomic mass is 35.5. The smallest absolute Gasteiger partial charge is 0.152 e. The lowest BCUT2D eigenvalue weighted by atomic mass is 10.00. The number of carbonyl (C=O) groups excluding carboxylic acids is 1. The molecule has 2 aromatic carbocycles. The van der Waals surface area contributed by atoms with Crippen molar-refractivity contribution in [3.8, 4) is 11.3 Å². The minimum absolute atomic E-state index is 0.272. The van der Waals surface area contributed by atoms with Crippen molar-refractivity contribution in [2.24, 2.45) is 0 Å². The van der Waals surface area contributed by atoms with E-state index >= 15 is 0 Å². The van der Waals surface area contributed by atoms with Gasteiger partial charge in [0, 0.05) is 21.5 Å². The van der Waals surface area contributed by atoms with Crippen LogP contribution in [0.25, 0.3) is 22.2 Å². The molecular weight excluding hydrogens is 289 g/mol. The van der Waals surface area contributed by atoms with Gasteiger partial charge in [-0.15, -0.1) is 0 Å². The number of aryl methyl sites for hydroxylation is 2. The molecule has 1 aromatic heterocycles. The monoisotopic (exact) mass is 301 g/mol. The molecule has 0 bridgehead atoms. The molecule has 0 fully saturated rings. The van der Waals surface area contributed by atoms with Crippen molar-refractivity contribution < 1.29 is 9.18 Å². The number of hydrogen-bond acceptors (Lipinski definition) is 1. The van der Waals surface area contributed by atoms with Crippen molar-refractivity contribution in [2.75, 3.05) is 0 Å². The summed E-state index contributed by atoms with van der Waals surface area (Å²) in [5.41, 5.74) is 4.40. The average molecular weight is 302 g/mol. The highest BCUT2D eigenvalue weighted by molar-refractivity contribution is 6.31.